The van der Waals surface area contributed by atoms with Crippen molar-refractivity contribution in [2.75, 3.05) is 0 Å². The Balaban J connectivity index is 1.49. The summed E-state index contributed by atoms with van der Waals surface area (Å²) in [6.45, 7) is 0. The standard InChI is InChI=1S/C48H28N2O4/c49-29-31-19-23-35(24-20-31)47(51)53-45-39-17-9-7-15-37(39)27-41(33-11-3-1-4-12-33)43(45)44-42(34-13-5-2-6-14-34)28-38-16-8-10-18-40(38)46(44)54-48(52)36-25-21-32(30-50)22-26-36/h1-28H. The highest BCUT2D eigenvalue weighted by Crippen LogP contribution is 2.53. The number of fused-ring (bicyclic) bond motifs is 2. The number of benzene rings is 8. The maximum absolute atomic E-state index is 14.1. The summed E-state index contributed by atoms with van der Waals surface area (Å²) in [6.07, 6.45) is 0. The molecule has 0 aromatic heterocycles. The van der Waals surface area contributed by atoms with Crippen LogP contribution in [0, 0.1) is 22.7 Å². The van der Waals surface area contributed by atoms with Crippen LogP contribution in [0.2, 0.25) is 0 Å². The topological polar surface area (TPSA) is 100 Å². The van der Waals surface area contributed by atoms with Gasteiger partial charge < -0.3 is 9.47 Å². The maximum atomic E-state index is 14.1. The summed E-state index contributed by atoms with van der Waals surface area (Å²) in [7, 11) is 0. The van der Waals surface area contributed by atoms with Gasteiger partial charge in [0.15, 0.2) is 0 Å². The quantitative estimate of drug-likeness (QED) is 0.121. The molecule has 54 heavy (non-hydrogen) atoms. The second-order valence-corrected chi connectivity index (χ2v) is 12.6. The van der Waals surface area contributed by atoms with Gasteiger partial charge in [-0.05, 0) is 93.7 Å². The van der Waals surface area contributed by atoms with Gasteiger partial charge >= 0.3 is 11.9 Å². The zero-order valence-corrected chi connectivity index (χ0v) is 28.7. The van der Waals surface area contributed by atoms with Gasteiger partial charge in [0.1, 0.15) is 11.5 Å². The van der Waals surface area contributed by atoms with E-state index in [2.05, 4.69) is 24.3 Å². The van der Waals surface area contributed by atoms with Crippen LogP contribution in [-0.4, -0.2) is 11.9 Å². The molecular weight excluding hydrogens is 669 g/mol. The molecule has 0 unspecified atom stereocenters. The SMILES string of the molecule is N#Cc1ccc(C(=O)Oc2c(-c3c(-c4ccccc4)cc4ccccc4c3OC(=O)c3ccc(C#N)cc3)c(-c3ccccc3)cc3ccccc23)cc1. The number of esters is 2. The van der Waals surface area contributed by atoms with Crippen LogP contribution in [0.5, 0.6) is 11.5 Å². The number of nitriles is 2. The molecule has 0 bridgehead atoms. The van der Waals surface area contributed by atoms with Gasteiger partial charge in [0, 0.05) is 21.9 Å². The highest BCUT2D eigenvalue weighted by Gasteiger charge is 2.29. The lowest BCUT2D eigenvalue weighted by Crippen LogP contribution is -2.12. The summed E-state index contributed by atoms with van der Waals surface area (Å²) in [4.78, 5) is 28.3. The Morgan fingerprint density at radius 3 is 1.15 bits per heavy atom. The van der Waals surface area contributed by atoms with Crippen molar-refractivity contribution in [1.82, 2.24) is 0 Å². The van der Waals surface area contributed by atoms with E-state index in [1.54, 1.807) is 48.5 Å². The Kier molecular flexibility index (Phi) is 8.92. The van der Waals surface area contributed by atoms with E-state index in [4.69, 9.17) is 9.47 Å². The Morgan fingerprint density at radius 1 is 0.426 bits per heavy atom. The zero-order valence-electron chi connectivity index (χ0n) is 28.7. The van der Waals surface area contributed by atoms with Gasteiger partial charge in [-0.15, -0.1) is 0 Å². The second-order valence-electron chi connectivity index (χ2n) is 12.6. The van der Waals surface area contributed by atoms with Crippen molar-refractivity contribution >= 4 is 33.5 Å². The average Bonchev–Trinajstić information content (AvgIpc) is 3.24. The number of nitrogens with zero attached hydrogens (tertiary/aromatic N) is 2. The highest BCUT2D eigenvalue weighted by molar-refractivity contribution is 6.13. The highest BCUT2D eigenvalue weighted by atomic mass is 16.5. The summed E-state index contributed by atoms with van der Waals surface area (Å²) in [6, 6.07) is 55.9. The van der Waals surface area contributed by atoms with Gasteiger partial charge in [-0.3, -0.25) is 0 Å². The van der Waals surface area contributed by atoms with Crippen molar-refractivity contribution in [3.63, 3.8) is 0 Å². The third-order valence-electron chi connectivity index (χ3n) is 9.31. The first-order valence-electron chi connectivity index (χ1n) is 17.2. The van der Waals surface area contributed by atoms with Crippen molar-refractivity contribution in [3.05, 3.63) is 192 Å². The van der Waals surface area contributed by atoms with Crippen LogP contribution in [-0.2, 0) is 0 Å². The summed E-state index contributed by atoms with van der Waals surface area (Å²) in [5, 5.41) is 21.8. The lowest BCUT2D eigenvalue weighted by Gasteiger charge is -2.24. The number of ether oxygens (including phenoxy) is 2. The van der Waals surface area contributed by atoms with Crippen LogP contribution in [0.3, 0.4) is 0 Å². The van der Waals surface area contributed by atoms with E-state index in [1.807, 2.05) is 109 Å². The van der Waals surface area contributed by atoms with E-state index in [0.29, 0.717) is 33.0 Å². The van der Waals surface area contributed by atoms with Crippen LogP contribution in [0.15, 0.2) is 170 Å². The lowest BCUT2D eigenvalue weighted by atomic mass is 9.84. The van der Waals surface area contributed by atoms with Crippen LogP contribution in [0.25, 0.3) is 54.9 Å². The fourth-order valence-electron chi connectivity index (χ4n) is 6.69. The molecule has 254 valence electrons. The minimum atomic E-state index is -0.616. The lowest BCUT2D eigenvalue weighted by molar-refractivity contribution is 0.0725. The molecule has 0 N–H and O–H groups in total. The zero-order chi connectivity index (χ0) is 37.0. The summed E-state index contributed by atoms with van der Waals surface area (Å²) in [5.74, 6) is -0.669. The van der Waals surface area contributed by atoms with Crippen LogP contribution in [0.4, 0.5) is 0 Å². The molecule has 0 aliphatic carbocycles. The Hall–Kier alpha value is -7.80. The molecule has 0 aliphatic rings. The molecule has 6 heteroatoms. The van der Waals surface area contributed by atoms with E-state index in [1.165, 1.54) is 0 Å². The number of carbonyl (C=O) groups excluding carboxylic acids is 2. The molecule has 0 atom stereocenters. The van der Waals surface area contributed by atoms with E-state index in [-0.39, 0.29) is 22.6 Å². The monoisotopic (exact) mass is 696 g/mol. The Bertz CT molecular complexity index is 2600. The molecule has 0 fully saturated rings. The van der Waals surface area contributed by atoms with Gasteiger partial charge in [0.25, 0.3) is 0 Å². The molecule has 0 radical (unpaired) electrons. The largest absolute Gasteiger partial charge is 0.422 e. The van der Waals surface area contributed by atoms with Gasteiger partial charge in [-0.25, -0.2) is 9.59 Å². The number of hydrogen-bond acceptors (Lipinski definition) is 6. The van der Waals surface area contributed by atoms with Gasteiger partial charge in [0.2, 0.25) is 0 Å². The Labute approximate surface area is 311 Å². The van der Waals surface area contributed by atoms with E-state index in [0.717, 1.165) is 33.0 Å². The molecule has 0 heterocycles. The van der Waals surface area contributed by atoms with E-state index >= 15 is 0 Å². The summed E-state index contributed by atoms with van der Waals surface area (Å²) in [5.41, 5.74) is 5.67. The molecule has 8 rings (SSSR count). The molecule has 0 saturated carbocycles. The minimum Gasteiger partial charge on any atom is -0.422 e. The molecule has 8 aromatic rings. The molecule has 0 amide bonds. The third kappa shape index (κ3) is 6.32. The van der Waals surface area contributed by atoms with Crippen molar-refractivity contribution in [1.29, 1.82) is 10.5 Å². The van der Waals surface area contributed by atoms with Crippen molar-refractivity contribution in [2.24, 2.45) is 0 Å². The molecule has 0 spiro atoms. The minimum absolute atomic E-state index is 0.267. The van der Waals surface area contributed by atoms with Gasteiger partial charge in [0.05, 0.1) is 34.4 Å². The van der Waals surface area contributed by atoms with Crippen molar-refractivity contribution in [3.8, 4) is 57.0 Å². The smallest absolute Gasteiger partial charge is 0.343 e. The fourth-order valence-corrected chi connectivity index (χ4v) is 6.69. The Morgan fingerprint density at radius 2 is 0.778 bits per heavy atom. The fraction of sp³-hybridized carbons (Fsp3) is 0. The van der Waals surface area contributed by atoms with Crippen molar-refractivity contribution in [2.45, 2.75) is 0 Å². The molecule has 6 nitrogen and oxygen atoms in total. The van der Waals surface area contributed by atoms with Gasteiger partial charge in [-0.2, -0.15) is 10.5 Å². The number of rotatable bonds is 7. The van der Waals surface area contributed by atoms with Crippen molar-refractivity contribution < 1.29 is 19.1 Å². The van der Waals surface area contributed by atoms with E-state index in [9.17, 15) is 20.1 Å². The number of carbonyl (C=O) groups is 2. The predicted molar refractivity (Wildman–Crippen MR) is 210 cm³/mol. The van der Waals surface area contributed by atoms with Crippen LogP contribution < -0.4 is 9.47 Å². The molecule has 0 aliphatic heterocycles. The normalized spacial score (nSPS) is 10.7. The first-order chi connectivity index (χ1) is 26.5. The number of hydrogen-bond donors (Lipinski definition) is 0. The average molecular weight is 697 g/mol. The molecular formula is C48H28N2O4. The van der Waals surface area contributed by atoms with Gasteiger partial charge in [-0.1, -0.05) is 109 Å². The molecule has 8 aromatic carbocycles. The first-order valence-corrected chi connectivity index (χ1v) is 17.2. The summed E-state index contributed by atoms with van der Waals surface area (Å²) >= 11 is 0. The van der Waals surface area contributed by atoms with Crippen LogP contribution in [0.1, 0.15) is 31.8 Å². The first kappa shape index (κ1) is 33.3. The molecule has 0 saturated heterocycles. The third-order valence-corrected chi connectivity index (χ3v) is 9.31. The van der Waals surface area contributed by atoms with Crippen LogP contribution >= 0.6 is 0 Å². The van der Waals surface area contributed by atoms with E-state index < -0.39 is 11.9 Å². The second kappa shape index (κ2) is 14.4. The predicted octanol–water partition coefficient (Wildman–Crippen LogP) is 11.2. The maximum Gasteiger partial charge on any atom is 0.343 e. The summed E-state index contributed by atoms with van der Waals surface area (Å²) < 4.78 is 13.0.